The summed E-state index contributed by atoms with van der Waals surface area (Å²) in [7, 11) is 0. The molecule has 0 amide bonds. The minimum Gasteiger partial charge on any atom is -0.382 e. The molecular weight excluding hydrogens is 248 g/mol. The Bertz CT molecular complexity index is 353. The molecule has 0 radical (unpaired) electrons. The normalized spacial score (nSPS) is 10.3. The van der Waals surface area contributed by atoms with Crippen molar-refractivity contribution in [3.63, 3.8) is 0 Å². The summed E-state index contributed by atoms with van der Waals surface area (Å²) in [6.07, 6.45) is 0. The predicted octanol–water partition coefficient (Wildman–Crippen LogP) is 3.18. The van der Waals surface area contributed by atoms with E-state index in [1.54, 1.807) is 6.07 Å². The van der Waals surface area contributed by atoms with Crippen LogP contribution in [0.2, 0.25) is 0 Å². The SMILES string of the molecule is CC(C)Nc1cc([N+](=O)[O-])ccc1Br. The molecule has 0 spiro atoms. The first kappa shape index (κ1) is 11.0. The standard InChI is InChI=1S/C9H11BrN2O2/c1-6(2)11-9-5-7(12(13)14)3-4-8(9)10/h3-6,11H,1-2H3. The van der Waals surface area contributed by atoms with Gasteiger partial charge in [-0.15, -0.1) is 0 Å². The summed E-state index contributed by atoms with van der Waals surface area (Å²) >= 11 is 3.32. The average Bonchev–Trinajstić information content (AvgIpc) is 2.07. The lowest BCUT2D eigenvalue weighted by atomic mass is 10.2. The maximum absolute atomic E-state index is 10.5. The molecule has 0 unspecified atom stereocenters. The van der Waals surface area contributed by atoms with Crippen LogP contribution in [0, 0.1) is 10.1 Å². The zero-order valence-electron chi connectivity index (χ0n) is 7.95. The van der Waals surface area contributed by atoms with Crippen molar-refractivity contribution in [3.8, 4) is 0 Å². The van der Waals surface area contributed by atoms with E-state index in [0.717, 1.165) is 10.2 Å². The number of non-ortho nitro benzene ring substituents is 1. The van der Waals surface area contributed by atoms with Crippen LogP contribution < -0.4 is 5.32 Å². The van der Waals surface area contributed by atoms with Gasteiger partial charge in [-0.3, -0.25) is 10.1 Å². The molecule has 0 aliphatic carbocycles. The van der Waals surface area contributed by atoms with Crippen LogP contribution in [-0.2, 0) is 0 Å². The minimum atomic E-state index is -0.405. The molecule has 0 saturated carbocycles. The molecule has 1 rings (SSSR count). The van der Waals surface area contributed by atoms with Gasteiger partial charge in [-0.05, 0) is 35.8 Å². The summed E-state index contributed by atoms with van der Waals surface area (Å²) in [6.45, 7) is 3.95. The molecule has 0 atom stereocenters. The maximum Gasteiger partial charge on any atom is 0.271 e. The van der Waals surface area contributed by atoms with Crippen molar-refractivity contribution in [1.82, 2.24) is 0 Å². The van der Waals surface area contributed by atoms with E-state index >= 15 is 0 Å². The van der Waals surface area contributed by atoms with Gasteiger partial charge in [0.05, 0.1) is 10.6 Å². The number of nitro benzene ring substituents is 1. The zero-order valence-corrected chi connectivity index (χ0v) is 9.54. The first-order valence-electron chi connectivity index (χ1n) is 4.21. The van der Waals surface area contributed by atoms with Gasteiger partial charge >= 0.3 is 0 Å². The molecule has 0 heterocycles. The largest absolute Gasteiger partial charge is 0.382 e. The van der Waals surface area contributed by atoms with Crippen molar-refractivity contribution in [2.45, 2.75) is 19.9 Å². The highest BCUT2D eigenvalue weighted by molar-refractivity contribution is 9.10. The van der Waals surface area contributed by atoms with E-state index in [2.05, 4.69) is 21.2 Å². The van der Waals surface area contributed by atoms with Crippen molar-refractivity contribution < 1.29 is 4.92 Å². The molecule has 1 N–H and O–H groups in total. The zero-order chi connectivity index (χ0) is 10.7. The monoisotopic (exact) mass is 258 g/mol. The van der Waals surface area contributed by atoms with Gasteiger partial charge in [0.1, 0.15) is 0 Å². The second-order valence-electron chi connectivity index (χ2n) is 3.22. The van der Waals surface area contributed by atoms with Gasteiger partial charge in [-0.25, -0.2) is 0 Å². The van der Waals surface area contributed by atoms with Crippen LogP contribution >= 0.6 is 15.9 Å². The van der Waals surface area contributed by atoms with Crippen LogP contribution in [0.15, 0.2) is 22.7 Å². The smallest absolute Gasteiger partial charge is 0.271 e. The fraction of sp³-hybridized carbons (Fsp3) is 0.333. The van der Waals surface area contributed by atoms with E-state index in [0.29, 0.717) is 0 Å². The summed E-state index contributed by atoms with van der Waals surface area (Å²) in [6, 6.07) is 4.90. The lowest BCUT2D eigenvalue weighted by Crippen LogP contribution is -2.10. The van der Waals surface area contributed by atoms with Crippen molar-refractivity contribution in [3.05, 3.63) is 32.8 Å². The van der Waals surface area contributed by atoms with Gasteiger partial charge in [-0.1, -0.05) is 0 Å². The summed E-state index contributed by atoms with van der Waals surface area (Å²) in [4.78, 5) is 10.1. The predicted molar refractivity (Wildman–Crippen MR) is 59.6 cm³/mol. The van der Waals surface area contributed by atoms with Gasteiger partial charge in [0.15, 0.2) is 0 Å². The summed E-state index contributed by atoms with van der Waals surface area (Å²) in [5.41, 5.74) is 0.838. The van der Waals surface area contributed by atoms with Crippen molar-refractivity contribution in [1.29, 1.82) is 0 Å². The second-order valence-corrected chi connectivity index (χ2v) is 4.07. The number of nitro groups is 1. The Labute approximate surface area is 90.6 Å². The van der Waals surface area contributed by atoms with Crippen LogP contribution in [-0.4, -0.2) is 11.0 Å². The van der Waals surface area contributed by atoms with Gasteiger partial charge in [0.2, 0.25) is 0 Å². The number of hydrogen-bond donors (Lipinski definition) is 1. The molecule has 5 heteroatoms. The molecule has 0 aliphatic rings. The fourth-order valence-electron chi connectivity index (χ4n) is 1.05. The second kappa shape index (κ2) is 4.41. The van der Waals surface area contributed by atoms with Crippen molar-refractivity contribution >= 4 is 27.3 Å². The number of halogens is 1. The molecule has 4 nitrogen and oxygen atoms in total. The molecule has 76 valence electrons. The van der Waals surface area contributed by atoms with Crippen LogP contribution in [0.5, 0.6) is 0 Å². The van der Waals surface area contributed by atoms with Gasteiger partial charge < -0.3 is 5.32 Å². The Morgan fingerprint density at radius 2 is 2.14 bits per heavy atom. The third kappa shape index (κ3) is 2.70. The van der Waals surface area contributed by atoms with Crippen molar-refractivity contribution in [2.75, 3.05) is 5.32 Å². The van der Waals surface area contributed by atoms with Crippen LogP contribution in [0.4, 0.5) is 11.4 Å². The molecule has 0 saturated heterocycles. The molecule has 0 aliphatic heterocycles. The highest BCUT2D eigenvalue weighted by Crippen LogP contribution is 2.27. The van der Waals surface area contributed by atoms with E-state index in [1.165, 1.54) is 12.1 Å². The van der Waals surface area contributed by atoms with Crippen LogP contribution in [0.1, 0.15) is 13.8 Å². The quantitative estimate of drug-likeness (QED) is 0.670. The van der Waals surface area contributed by atoms with Gasteiger partial charge in [-0.2, -0.15) is 0 Å². The van der Waals surface area contributed by atoms with E-state index in [1.807, 2.05) is 13.8 Å². The van der Waals surface area contributed by atoms with E-state index < -0.39 is 4.92 Å². The summed E-state index contributed by atoms with van der Waals surface area (Å²) in [5.74, 6) is 0. The Kier molecular flexibility index (Phi) is 3.46. The van der Waals surface area contributed by atoms with Crippen LogP contribution in [0.25, 0.3) is 0 Å². The number of benzene rings is 1. The first-order valence-corrected chi connectivity index (χ1v) is 5.00. The number of rotatable bonds is 3. The lowest BCUT2D eigenvalue weighted by Gasteiger charge is -2.11. The fourth-order valence-corrected chi connectivity index (χ4v) is 1.41. The molecule has 0 fully saturated rings. The van der Waals surface area contributed by atoms with Gasteiger partial charge in [0.25, 0.3) is 5.69 Å². The number of hydrogen-bond acceptors (Lipinski definition) is 3. The average molecular weight is 259 g/mol. The number of anilines is 1. The molecule has 1 aromatic rings. The minimum absolute atomic E-state index is 0.0938. The van der Waals surface area contributed by atoms with E-state index in [-0.39, 0.29) is 11.7 Å². The highest BCUT2D eigenvalue weighted by Gasteiger charge is 2.09. The lowest BCUT2D eigenvalue weighted by molar-refractivity contribution is -0.384. The first-order chi connectivity index (χ1) is 6.50. The number of nitrogens with zero attached hydrogens (tertiary/aromatic N) is 1. The third-order valence-electron chi connectivity index (χ3n) is 1.60. The summed E-state index contributed by atoms with van der Waals surface area (Å²) < 4.78 is 0.830. The van der Waals surface area contributed by atoms with Gasteiger partial charge in [0, 0.05) is 22.6 Å². The van der Waals surface area contributed by atoms with E-state index in [9.17, 15) is 10.1 Å². The highest BCUT2D eigenvalue weighted by atomic mass is 79.9. The van der Waals surface area contributed by atoms with Crippen molar-refractivity contribution in [2.24, 2.45) is 0 Å². The maximum atomic E-state index is 10.5. The van der Waals surface area contributed by atoms with E-state index in [4.69, 9.17) is 0 Å². The summed E-state index contributed by atoms with van der Waals surface area (Å²) in [5, 5.41) is 13.6. The Morgan fingerprint density at radius 1 is 1.50 bits per heavy atom. The Hall–Kier alpha value is -1.10. The Balaban J connectivity index is 3.02. The number of nitrogens with one attached hydrogen (secondary N) is 1. The van der Waals surface area contributed by atoms with Crippen LogP contribution in [0.3, 0.4) is 0 Å². The molecule has 14 heavy (non-hydrogen) atoms. The molecule has 1 aromatic carbocycles. The molecule has 0 bridgehead atoms. The molecule has 0 aromatic heterocycles. The molecular formula is C9H11BrN2O2. The Morgan fingerprint density at radius 3 is 2.64 bits per heavy atom. The topological polar surface area (TPSA) is 55.2 Å². The third-order valence-corrected chi connectivity index (χ3v) is 2.30.